The Morgan fingerprint density at radius 2 is 1.45 bits per heavy atom. The Morgan fingerprint density at radius 3 is 2.05 bits per heavy atom. The first-order valence-electron chi connectivity index (χ1n) is 19.4. The summed E-state index contributed by atoms with van der Waals surface area (Å²) in [6.45, 7) is 10.4. The fourth-order valence-corrected chi connectivity index (χ4v) is 8.60. The molecule has 3 atom stereocenters. The van der Waals surface area contributed by atoms with Crippen LogP contribution in [-0.4, -0.2) is 56.8 Å². The van der Waals surface area contributed by atoms with Crippen LogP contribution in [0.25, 0.3) is 33.2 Å². The summed E-state index contributed by atoms with van der Waals surface area (Å²) in [6.07, 6.45) is -9.97. The highest BCUT2D eigenvalue weighted by Crippen LogP contribution is 2.45. The molecule has 3 aliphatic rings. The average molecular weight is 836 g/mol. The van der Waals surface area contributed by atoms with Crippen molar-refractivity contribution in [3.8, 4) is 0 Å². The number of aryl methyl sites for hydroxylation is 2. The van der Waals surface area contributed by atoms with E-state index in [-0.39, 0.29) is 47.3 Å². The van der Waals surface area contributed by atoms with Crippen LogP contribution in [0.2, 0.25) is 0 Å². The number of carbonyl (C=O) groups is 3. The van der Waals surface area contributed by atoms with E-state index in [0.29, 0.717) is 57.1 Å². The van der Waals surface area contributed by atoms with Crippen molar-refractivity contribution < 1.29 is 50.2 Å². The lowest BCUT2D eigenvalue weighted by molar-refractivity contribution is -0.143. The molecule has 0 saturated carbocycles. The van der Waals surface area contributed by atoms with Crippen LogP contribution in [0.5, 0.6) is 0 Å². The van der Waals surface area contributed by atoms with E-state index in [1.165, 1.54) is 7.11 Å². The van der Waals surface area contributed by atoms with Gasteiger partial charge in [-0.2, -0.15) is 26.3 Å². The molecule has 0 fully saturated rings. The quantitative estimate of drug-likeness (QED) is 0.103. The van der Waals surface area contributed by atoms with Crippen LogP contribution in [-0.2, 0) is 33.2 Å². The molecule has 0 spiro atoms. The van der Waals surface area contributed by atoms with Gasteiger partial charge in [-0.05, 0) is 105 Å². The van der Waals surface area contributed by atoms with Crippen molar-refractivity contribution in [3.63, 3.8) is 0 Å². The predicted octanol–water partition coefficient (Wildman–Crippen LogP) is 10.7. The van der Waals surface area contributed by atoms with E-state index in [9.17, 15) is 40.7 Å². The molecule has 4 aromatic rings. The summed E-state index contributed by atoms with van der Waals surface area (Å²) in [6, 6.07) is 6.55. The van der Waals surface area contributed by atoms with Gasteiger partial charge >= 0.3 is 18.3 Å². The van der Waals surface area contributed by atoms with Gasteiger partial charge in [0.15, 0.2) is 0 Å². The summed E-state index contributed by atoms with van der Waals surface area (Å²) >= 11 is 0. The smallest absolute Gasteiger partial charge is 0.416 e. The van der Waals surface area contributed by atoms with Crippen molar-refractivity contribution in [1.29, 1.82) is 0 Å². The van der Waals surface area contributed by atoms with Crippen LogP contribution >= 0.6 is 0 Å². The molecule has 0 saturated heterocycles. The second kappa shape index (κ2) is 15.4. The number of benzene rings is 1. The molecule has 2 N–H and O–H groups in total. The Hall–Kier alpha value is -5.77. The zero-order valence-electron chi connectivity index (χ0n) is 34.2. The van der Waals surface area contributed by atoms with Crippen molar-refractivity contribution in [2.24, 2.45) is 0 Å². The van der Waals surface area contributed by atoms with Crippen LogP contribution in [0.4, 0.5) is 26.3 Å². The standard InChI is InChI=1S/C44H43F6N5O5/c1-9-27-19(2)29-17-34-36(23(6)59-7)21(4)31(52-34)15-30-20(3)28(10-11-35(56)60-8)39(53-30)38-40-37(22(5)32(54-40)16-33(27)51-29)41(57)55(42(38)58)18-24-12-25(43(45,46)47)14-26(13-24)44(48,49)50/h12-17,20,23,28,52,54H,9-11,18H2,1-8H3/t20-,23?,28-/m0/s1. The number of hydrogen-bond acceptors (Lipinski definition) is 7. The predicted molar refractivity (Wildman–Crippen MR) is 212 cm³/mol. The summed E-state index contributed by atoms with van der Waals surface area (Å²) < 4.78 is 94.5. The van der Waals surface area contributed by atoms with Crippen LogP contribution in [0.3, 0.4) is 0 Å². The number of methoxy groups -OCH3 is 2. The molecule has 3 aromatic heterocycles. The third-order valence-corrected chi connectivity index (χ3v) is 12.0. The van der Waals surface area contributed by atoms with Gasteiger partial charge in [-0.15, -0.1) is 0 Å². The third kappa shape index (κ3) is 7.28. The van der Waals surface area contributed by atoms with Gasteiger partial charge in [-0.25, -0.2) is 4.98 Å². The Labute approximate surface area is 341 Å². The summed E-state index contributed by atoms with van der Waals surface area (Å²) in [5.41, 5.74) is 4.08. The zero-order chi connectivity index (χ0) is 43.7. The Kier molecular flexibility index (Phi) is 10.8. The number of amides is 2. The average Bonchev–Trinajstić information content (AvgIpc) is 3.87. The van der Waals surface area contributed by atoms with Gasteiger partial charge in [0, 0.05) is 53.2 Å². The molecule has 2 amide bonds. The van der Waals surface area contributed by atoms with E-state index in [4.69, 9.17) is 19.4 Å². The van der Waals surface area contributed by atoms with Crippen molar-refractivity contribution in [2.45, 2.75) is 97.6 Å². The highest BCUT2D eigenvalue weighted by molar-refractivity contribution is 6.23. The number of alkyl halides is 6. The normalized spacial score (nSPS) is 17.5. The van der Waals surface area contributed by atoms with Gasteiger partial charge in [0.05, 0.1) is 64.6 Å². The lowest BCUT2D eigenvalue weighted by Crippen LogP contribution is -2.40. The van der Waals surface area contributed by atoms with Gasteiger partial charge in [0.2, 0.25) is 0 Å². The number of aromatic nitrogens is 4. The number of halogens is 6. The van der Waals surface area contributed by atoms with Crippen LogP contribution in [0.1, 0.15) is 142 Å². The number of imide groups is 1. The fraction of sp³-hybridized carbons (Fsp3) is 0.386. The minimum Gasteiger partial charge on any atom is -0.469 e. The number of nitrogens with one attached hydrogen (secondary N) is 2. The molecule has 1 unspecified atom stereocenters. The van der Waals surface area contributed by atoms with Gasteiger partial charge in [0.1, 0.15) is 0 Å². The molecule has 6 heterocycles. The van der Waals surface area contributed by atoms with Crippen LogP contribution in [0, 0.1) is 13.8 Å². The van der Waals surface area contributed by atoms with E-state index < -0.39 is 65.2 Å². The molecule has 7 rings (SSSR count). The minimum atomic E-state index is -5.16. The number of nitrogens with zero attached hydrogens (tertiary/aromatic N) is 3. The van der Waals surface area contributed by atoms with Crippen molar-refractivity contribution in [1.82, 2.24) is 24.8 Å². The van der Waals surface area contributed by atoms with E-state index in [2.05, 4.69) is 9.97 Å². The summed E-state index contributed by atoms with van der Waals surface area (Å²) in [7, 11) is 2.86. The first-order chi connectivity index (χ1) is 28.2. The number of aromatic amines is 2. The van der Waals surface area contributed by atoms with Crippen molar-refractivity contribution in [2.75, 3.05) is 14.2 Å². The monoisotopic (exact) mass is 835 g/mol. The summed E-state index contributed by atoms with van der Waals surface area (Å²) in [5.74, 6) is -3.47. The van der Waals surface area contributed by atoms with E-state index >= 15 is 0 Å². The van der Waals surface area contributed by atoms with Gasteiger partial charge in [-0.3, -0.25) is 24.3 Å². The number of H-pyrrole nitrogens is 2. The third-order valence-electron chi connectivity index (χ3n) is 12.0. The second-order valence-electron chi connectivity index (χ2n) is 15.5. The number of ether oxygens (including phenoxy) is 2. The molecule has 16 heteroatoms. The Bertz CT molecular complexity index is 2640. The maximum atomic E-state index is 14.9. The van der Waals surface area contributed by atoms with Crippen molar-refractivity contribution >= 4 is 51.0 Å². The van der Waals surface area contributed by atoms with Crippen molar-refractivity contribution in [3.05, 3.63) is 104 Å². The number of rotatable bonds is 8. The first kappa shape index (κ1) is 42.4. The second-order valence-corrected chi connectivity index (χ2v) is 15.5. The molecular formula is C44H43F6N5O5. The molecule has 316 valence electrons. The largest absolute Gasteiger partial charge is 0.469 e. The number of fused-ring (bicyclic) bond motifs is 8. The van der Waals surface area contributed by atoms with E-state index in [0.717, 1.165) is 27.8 Å². The Morgan fingerprint density at radius 1 is 0.833 bits per heavy atom. The Balaban J connectivity index is 1.59. The van der Waals surface area contributed by atoms with Gasteiger partial charge < -0.3 is 19.4 Å². The number of allylic oxidation sites excluding steroid dienone is 2. The fourth-order valence-electron chi connectivity index (χ4n) is 8.60. The first-order valence-corrected chi connectivity index (χ1v) is 19.4. The topological polar surface area (TPSA) is 130 Å². The molecule has 0 aliphatic carbocycles. The maximum Gasteiger partial charge on any atom is 0.416 e. The van der Waals surface area contributed by atoms with E-state index in [1.54, 1.807) is 20.1 Å². The zero-order valence-corrected chi connectivity index (χ0v) is 34.2. The molecule has 3 aliphatic heterocycles. The molecule has 8 bridgehead atoms. The molecule has 0 radical (unpaired) electrons. The number of hydrogen-bond donors (Lipinski definition) is 2. The van der Waals surface area contributed by atoms with E-state index in [1.807, 2.05) is 46.8 Å². The molecule has 1 aromatic carbocycles. The number of carbonyl (C=O) groups excluding carboxylic acids is 3. The van der Waals surface area contributed by atoms with Crippen LogP contribution in [0.15, 0.2) is 36.4 Å². The lowest BCUT2D eigenvalue weighted by atomic mass is 9.84. The molecular weight excluding hydrogens is 793 g/mol. The lowest BCUT2D eigenvalue weighted by Gasteiger charge is -2.27. The minimum absolute atomic E-state index is 0.00146. The SMILES string of the molecule is CCC1=C(C)c2cc3[nH]c(cc4nc(c5c6[nH]c(cc1n2)c(C)c6C(=O)N(Cc1cc(C(F)(F)F)cc(C(F)(F)F)c1)C5=O)[C@@H](CCC(=O)OC)[C@@H]4C)c(C)c3C(C)OC. The highest BCUT2D eigenvalue weighted by atomic mass is 19.4. The molecule has 10 nitrogen and oxygen atoms in total. The maximum absolute atomic E-state index is 14.9. The summed E-state index contributed by atoms with van der Waals surface area (Å²) in [5, 5.41) is 0. The summed E-state index contributed by atoms with van der Waals surface area (Å²) in [4.78, 5) is 59.5. The van der Waals surface area contributed by atoms with Gasteiger partial charge in [0.25, 0.3) is 11.8 Å². The van der Waals surface area contributed by atoms with Gasteiger partial charge in [-0.1, -0.05) is 13.8 Å². The molecule has 60 heavy (non-hydrogen) atoms. The highest BCUT2D eigenvalue weighted by Gasteiger charge is 2.42. The van der Waals surface area contributed by atoms with Crippen LogP contribution < -0.4 is 0 Å². The number of esters is 1.